The van der Waals surface area contributed by atoms with Crippen LogP contribution < -0.4 is 16.1 Å². The number of nitrogens with zero attached hydrogens (tertiary/aromatic N) is 3. The highest BCUT2D eigenvalue weighted by Crippen LogP contribution is 2.24. The molecule has 2 unspecified atom stereocenters. The summed E-state index contributed by atoms with van der Waals surface area (Å²) in [4.78, 5) is 26.6. The van der Waals surface area contributed by atoms with Gasteiger partial charge in [0.05, 0.1) is 5.69 Å². The van der Waals surface area contributed by atoms with Gasteiger partial charge in [0, 0.05) is 26.1 Å². The van der Waals surface area contributed by atoms with Crippen LogP contribution in [0.25, 0.3) is 0 Å². The number of piperidine rings is 1. The minimum absolute atomic E-state index is 0.222. The maximum Gasteiger partial charge on any atom is 0.267 e. The second-order valence-electron chi connectivity index (χ2n) is 7.15. The Hall–Kier alpha value is -2.41. The van der Waals surface area contributed by atoms with Crippen molar-refractivity contribution in [1.82, 2.24) is 10.2 Å². The molecule has 0 saturated carbocycles. The van der Waals surface area contributed by atoms with Crippen LogP contribution in [0.2, 0.25) is 0 Å². The third-order valence-corrected chi connectivity index (χ3v) is 4.98. The van der Waals surface area contributed by atoms with Crippen molar-refractivity contribution in [2.45, 2.75) is 32.2 Å². The first-order valence-electron chi connectivity index (χ1n) is 9.26. The van der Waals surface area contributed by atoms with Crippen molar-refractivity contribution >= 4 is 23.2 Å². The third-order valence-electron chi connectivity index (χ3n) is 4.98. The molecule has 2 aliphatic rings. The van der Waals surface area contributed by atoms with Crippen LogP contribution in [0.15, 0.2) is 35.4 Å². The number of para-hydroxylation sites is 1. The quantitative estimate of drug-likeness (QED) is 0.793. The summed E-state index contributed by atoms with van der Waals surface area (Å²) in [6.45, 7) is 5.86. The summed E-state index contributed by atoms with van der Waals surface area (Å²) in [5.74, 6) is 0.0110. The van der Waals surface area contributed by atoms with Gasteiger partial charge in [-0.3, -0.25) is 14.6 Å². The smallest absolute Gasteiger partial charge is 0.267 e. The average molecular weight is 357 g/mol. The standard InChI is InChI=1S/C19H27N5O2/c1-14-6-5-10-23(13-14)11-9-21-19(26)16-12-17(18(20)25)24(22-16)15-7-3-2-4-8-15/h2-4,7-8,14,17H,5-6,9-13H2,1H3,(H2,20,25)(H,21,26). The van der Waals surface area contributed by atoms with Crippen molar-refractivity contribution in [3.05, 3.63) is 30.3 Å². The van der Waals surface area contributed by atoms with Gasteiger partial charge < -0.3 is 16.0 Å². The second kappa shape index (κ2) is 8.31. The Balaban J connectivity index is 1.57. The van der Waals surface area contributed by atoms with Crippen molar-refractivity contribution in [3.8, 4) is 0 Å². The Labute approximate surface area is 154 Å². The van der Waals surface area contributed by atoms with Gasteiger partial charge in [-0.25, -0.2) is 0 Å². The van der Waals surface area contributed by atoms with Crippen LogP contribution in [0.3, 0.4) is 0 Å². The molecule has 26 heavy (non-hydrogen) atoms. The van der Waals surface area contributed by atoms with E-state index in [-0.39, 0.29) is 12.3 Å². The van der Waals surface area contributed by atoms with Crippen LogP contribution >= 0.6 is 0 Å². The summed E-state index contributed by atoms with van der Waals surface area (Å²) in [5, 5.41) is 8.84. The molecule has 0 aromatic heterocycles. The fourth-order valence-electron chi connectivity index (χ4n) is 3.61. The van der Waals surface area contributed by atoms with Gasteiger partial charge >= 0.3 is 0 Å². The number of anilines is 1. The normalized spacial score (nSPS) is 23.6. The molecule has 1 aromatic carbocycles. The van der Waals surface area contributed by atoms with E-state index >= 15 is 0 Å². The highest BCUT2D eigenvalue weighted by Gasteiger charge is 2.34. The Morgan fingerprint density at radius 1 is 1.31 bits per heavy atom. The van der Waals surface area contributed by atoms with Gasteiger partial charge in [0.1, 0.15) is 11.8 Å². The maximum atomic E-state index is 12.5. The molecular weight excluding hydrogens is 330 g/mol. The Morgan fingerprint density at radius 3 is 2.77 bits per heavy atom. The molecule has 2 aliphatic heterocycles. The average Bonchev–Trinajstić information content (AvgIpc) is 3.08. The van der Waals surface area contributed by atoms with Gasteiger partial charge in [0.25, 0.3) is 5.91 Å². The fraction of sp³-hybridized carbons (Fsp3) is 0.526. The highest BCUT2D eigenvalue weighted by atomic mass is 16.2. The minimum Gasteiger partial charge on any atom is -0.368 e. The molecule has 1 saturated heterocycles. The molecule has 7 heteroatoms. The van der Waals surface area contributed by atoms with Gasteiger partial charge in [-0.2, -0.15) is 5.10 Å². The lowest BCUT2D eigenvalue weighted by molar-refractivity contribution is -0.119. The van der Waals surface area contributed by atoms with E-state index in [0.717, 1.165) is 31.2 Å². The zero-order valence-electron chi connectivity index (χ0n) is 15.2. The lowest BCUT2D eigenvalue weighted by Crippen LogP contribution is -2.42. The van der Waals surface area contributed by atoms with Crippen molar-refractivity contribution in [2.75, 3.05) is 31.2 Å². The van der Waals surface area contributed by atoms with Crippen LogP contribution in [0.5, 0.6) is 0 Å². The maximum absolute atomic E-state index is 12.5. The number of nitrogens with two attached hydrogens (primary N) is 1. The fourth-order valence-corrected chi connectivity index (χ4v) is 3.61. The molecule has 2 atom stereocenters. The summed E-state index contributed by atoms with van der Waals surface area (Å²) < 4.78 is 0. The van der Waals surface area contributed by atoms with Gasteiger partial charge in [-0.15, -0.1) is 0 Å². The van der Waals surface area contributed by atoms with Crippen LogP contribution in [0, 0.1) is 5.92 Å². The molecule has 1 fully saturated rings. The van der Waals surface area contributed by atoms with E-state index in [1.165, 1.54) is 12.8 Å². The lowest BCUT2D eigenvalue weighted by Gasteiger charge is -2.30. The molecule has 0 spiro atoms. The molecule has 0 bridgehead atoms. The molecular formula is C19H27N5O2. The van der Waals surface area contributed by atoms with E-state index in [0.29, 0.717) is 12.3 Å². The molecule has 0 radical (unpaired) electrons. The van der Waals surface area contributed by atoms with E-state index in [1.807, 2.05) is 30.3 Å². The number of hydrogen-bond acceptors (Lipinski definition) is 5. The zero-order chi connectivity index (χ0) is 18.5. The number of nitrogens with one attached hydrogen (secondary N) is 1. The molecule has 140 valence electrons. The van der Waals surface area contributed by atoms with Crippen LogP contribution in [-0.4, -0.2) is 54.6 Å². The Kier molecular flexibility index (Phi) is 5.88. The number of carbonyl (C=O) groups excluding carboxylic acids is 2. The molecule has 0 aliphatic carbocycles. The van der Waals surface area contributed by atoms with Crippen molar-refractivity contribution < 1.29 is 9.59 Å². The van der Waals surface area contributed by atoms with Crippen molar-refractivity contribution in [2.24, 2.45) is 16.8 Å². The topological polar surface area (TPSA) is 91.0 Å². The Bertz CT molecular complexity index is 676. The molecule has 1 aromatic rings. The molecule has 3 rings (SSSR count). The summed E-state index contributed by atoms with van der Waals surface area (Å²) >= 11 is 0. The van der Waals surface area contributed by atoms with Crippen LogP contribution in [0.4, 0.5) is 5.69 Å². The molecule has 3 N–H and O–H groups in total. The first-order valence-corrected chi connectivity index (χ1v) is 9.26. The number of primary amides is 1. The minimum atomic E-state index is -0.624. The van der Waals surface area contributed by atoms with Crippen LogP contribution in [0.1, 0.15) is 26.2 Å². The summed E-state index contributed by atoms with van der Waals surface area (Å²) in [6.07, 6.45) is 2.73. The van der Waals surface area contributed by atoms with Gasteiger partial charge in [-0.1, -0.05) is 25.1 Å². The largest absolute Gasteiger partial charge is 0.368 e. The first kappa shape index (κ1) is 18.4. The second-order valence-corrected chi connectivity index (χ2v) is 7.15. The highest BCUT2D eigenvalue weighted by molar-refractivity contribution is 6.40. The van der Waals surface area contributed by atoms with Crippen molar-refractivity contribution in [3.63, 3.8) is 0 Å². The Morgan fingerprint density at radius 2 is 2.08 bits per heavy atom. The van der Waals surface area contributed by atoms with E-state index in [2.05, 4.69) is 22.2 Å². The number of hydrazone groups is 1. The summed E-state index contributed by atoms with van der Waals surface area (Å²) in [7, 11) is 0. The predicted molar refractivity (Wildman–Crippen MR) is 102 cm³/mol. The number of rotatable bonds is 6. The number of benzene rings is 1. The van der Waals surface area contributed by atoms with Gasteiger partial charge in [0.15, 0.2) is 0 Å². The number of likely N-dealkylation sites (tertiary alicyclic amines) is 1. The van der Waals surface area contributed by atoms with Crippen LogP contribution in [-0.2, 0) is 9.59 Å². The number of amides is 2. The number of hydrogen-bond donors (Lipinski definition) is 2. The molecule has 7 nitrogen and oxygen atoms in total. The first-order chi connectivity index (χ1) is 12.5. The van der Waals surface area contributed by atoms with Gasteiger partial charge in [-0.05, 0) is 37.4 Å². The van der Waals surface area contributed by atoms with E-state index in [9.17, 15) is 9.59 Å². The monoisotopic (exact) mass is 357 g/mol. The number of carbonyl (C=O) groups is 2. The van der Waals surface area contributed by atoms with Crippen molar-refractivity contribution in [1.29, 1.82) is 0 Å². The third kappa shape index (κ3) is 4.40. The van der Waals surface area contributed by atoms with E-state index in [1.54, 1.807) is 5.01 Å². The predicted octanol–water partition coefficient (Wildman–Crippen LogP) is 0.955. The van der Waals surface area contributed by atoms with Gasteiger partial charge in [0.2, 0.25) is 5.91 Å². The molecule has 2 amide bonds. The summed E-state index contributed by atoms with van der Waals surface area (Å²) in [6, 6.07) is 8.68. The lowest BCUT2D eigenvalue weighted by atomic mass is 10.0. The molecule has 2 heterocycles. The SMILES string of the molecule is CC1CCCN(CCNC(=O)C2=NN(c3ccccc3)C(C(N)=O)C2)C1. The van der Waals surface area contributed by atoms with E-state index < -0.39 is 11.9 Å². The van der Waals surface area contributed by atoms with E-state index in [4.69, 9.17) is 5.73 Å². The zero-order valence-corrected chi connectivity index (χ0v) is 15.2. The summed E-state index contributed by atoms with van der Waals surface area (Å²) in [5.41, 5.74) is 6.61.